The van der Waals surface area contributed by atoms with Crippen molar-refractivity contribution in [2.45, 2.75) is 37.6 Å². The third-order valence-electron chi connectivity index (χ3n) is 2.77. The maximum Gasteiger partial charge on any atom is 0.321 e. The summed E-state index contributed by atoms with van der Waals surface area (Å²) in [7, 11) is 1.56. The molecule has 1 rings (SSSR count). The molecule has 2 N–H and O–H groups in total. The minimum absolute atomic E-state index is 0.143. The fourth-order valence-corrected chi connectivity index (χ4v) is 3.04. The highest BCUT2D eigenvalue weighted by Crippen LogP contribution is 2.27. The van der Waals surface area contributed by atoms with Crippen LogP contribution in [0.2, 0.25) is 0 Å². The van der Waals surface area contributed by atoms with Gasteiger partial charge >= 0.3 is 5.97 Å². The van der Waals surface area contributed by atoms with Crippen molar-refractivity contribution in [3.63, 3.8) is 0 Å². The number of thioether (sulfide) groups is 1. The van der Waals surface area contributed by atoms with Crippen molar-refractivity contribution in [3.05, 3.63) is 0 Å². The summed E-state index contributed by atoms with van der Waals surface area (Å²) in [5.41, 5.74) is 0. The first-order chi connectivity index (χ1) is 8.38. The van der Waals surface area contributed by atoms with Gasteiger partial charge in [0.1, 0.15) is 6.04 Å². The molecule has 1 saturated heterocycles. The van der Waals surface area contributed by atoms with Crippen molar-refractivity contribution in [1.29, 1.82) is 0 Å². The van der Waals surface area contributed by atoms with Crippen LogP contribution in [0.15, 0.2) is 0 Å². The van der Waals surface area contributed by atoms with Crippen molar-refractivity contribution >= 4 is 29.5 Å². The van der Waals surface area contributed by atoms with E-state index in [0.29, 0.717) is 0 Å². The second kappa shape index (κ2) is 6.19. The molecule has 1 aliphatic rings. The Bertz CT molecular complexity index is 359. The van der Waals surface area contributed by atoms with Crippen LogP contribution in [-0.4, -0.2) is 57.9 Å². The average molecular weight is 274 g/mol. The van der Waals surface area contributed by atoms with Gasteiger partial charge in [0.15, 0.2) is 0 Å². The number of likely N-dealkylation sites (N-methyl/N-ethyl adjacent to an activating group) is 1. The molecule has 1 aliphatic heterocycles. The van der Waals surface area contributed by atoms with E-state index in [9.17, 15) is 14.4 Å². The molecule has 0 aromatic carbocycles. The zero-order valence-electron chi connectivity index (χ0n) is 10.7. The number of hydrogen-bond acceptors (Lipinski definition) is 5. The first kappa shape index (κ1) is 15.0. The number of carboxylic acids is 1. The number of carbonyl (C=O) groups is 3. The highest BCUT2D eigenvalue weighted by atomic mass is 32.2. The predicted octanol–water partition coefficient (Wildman–Crippen LogP) is -0.0719. The monoisotopic (exact) mass is 274 g/mol. The lowest BCUT2D eigenvalue weighted by molar-refractivity contribution is -0.141. The van der Waals surface area contributed by atoms with Gasteiger partial charge in [0.25, 0.3) is 0 Å². The second-order valence-electron chi connectivity index (χ2n) is 4.40. The highest BCUT2D eigenvalue weighted by molar-refractivity contribution is 8.00. The highest BCUT2D eigenvalue weighted by Gasteiger charge is 2.40. The van der Waals surface area contributed by atoms with E-state index in [2.05, 4.69) is 5.32 Å². The largest absolute Gasteiger partial charge is 0.480 e. The molecular weight excluding hydrogens is 256 g/mol. The van der Waals surface area contributed by atoms with E-state index in [4.69, 9.17) is 5.11 Å². The van der Waals surface area contributed by atoms with Crippen LogP contribution in [0.25, 0.3) is 0 Å². The third kappa shape index (κ3) is 3.23. The molecule has 1 fully saturated rings. The molecule has 18 heavy (non-hydrogen) atoms. The van der Waals surface area contributed by atoms with E-state index in [1.807, 2.05) is 0 Å². The van der Waals surface area contributed by atoms with E-state index in [0.717, 1.165) is 0 Å². The zero-order valence-corrected chi connectivity index (χ0v) is 11.5. The molecule has 0 aromatic rings. The van der Waals surface area contributed by atoms with Gasteiger partial charge in [0.2, 0.25) is 11.8 Å². The summed E-state index contributed by atoms with van der Waals surface area (Å²) in [6, 6.07) is -0.846. The number of nitrogens with one attached hydrogen (secondary N) is 1. The third-order valence-corrected chi connectivity index (χ3v) is 4.07. The van der Waals surface area contributed by atoms with Crippen LogP contribution in [-0.2, 0) is 14.4 Å². The fourth-order valence-electron chi connectivity index (χ4n) is 1.79. The smallest absolute Gasteiger partial charge is 0.321 e. The number of likely N-dealkylation sites (tertiary alicyclic amines) is 1. The molecule has 7 heteroatoms. The van der Waals surface area contributed by atoms with Crippen LogP contribution in [0.4, 0.5) is 0 Å². The molecule has 102 valence electrons. The maximum absolute atomic E-state index is 11.9. The predicted molar refractivity (Wildman–Crippen MR) is 68.3 cm³/mol. The molecule has 2 atom stereocenters. The summed E-state index contributed by atoms with van der Waals surface area (Å²) in [6.07, 6.45) is 0.164. The van der Waals surface area contributed by atoms with Crippen LogP contribution in [0.3, 0.4) is 0 Å². The van der Waals surface area contributed by atoms with Gasteiger partial charge in [0, 0.05) is 18.2 Å². The molecule has 0 aromatic heterocycles. The zero-order chi connectivity index (χ0) is 13.9. The standard InChI is InChI=1S/C11H18N2O4S/c1-6(2)13-9(14)4-8(10(13)15)18-5-7(12-3)11(16)17/h6-8,12H,4-5H2,1-3H3,(H,16,17). The van der Waals surface area contributed by atoms with Crippen LogP contribution >= 0.6 is 11.8 Å². The molecule has 6 nitrogen and oxygen atoms in total. The summed E-state index contributed by atoms with van der Waals surface area (Å²) < 4.78 is 0. The van der Waals surface area contributed by atoms with Crippen molar-refractivity contribution in [2.24, 2.45) is 0 Å². The molecule has 0 bridgehead atoms. The Hall–Kier alpha value is -1.08. The average Bonchev–Trinajstić information content (AvgIpc) is 2.54. The Morgan fingerprint density at radius 1 is 1.56 bits per heavy atom. The van der Waals surface area contributed by atoms with Crippen molar-refractivity contribution in [2.75, 3.05) is 12.8 Å². The molecule has 1 heterocycles. The van der Waals surface area contributed by atoms with Gasteiger partial charge in [-0.3, -0.25) is 19.3 Å². The molecule has 2 amide bonds. The molecule has 0 aliphatic carbocycles. The number of carboxylic acid groups (broad SMARTS) is 1. The Morgan fingerprint density at radius 3 is 2.56 bits per heavy atom. The number of aliphatic carboxylic acids is 1. The van der Waals surface area contributed by atoms with Gasteiger partial charge in [-0.1, -0.05) is 0 Å². The van der Waals surface area contributed by atoms with E-state index < -0.39 is 17.3 Å². The van der Waals surface area contributed by atoms with Crippen LogP contribution < -0.4 is 5.32 Å². The van der Waals surface area contributed by atoms with Crippen LogP contribution in [0.1, 0.15) is 20.3 Å². The number of rotatable bonds is 6. The lowest BCUT2D eigenvalue weighted by Gasteiger charge is -2.19. The van der Waals surface area contributed by atoms with Crippen LogP contribution in [0.5, 0.6) is 0 Å². The summed E-state index contributed by atoms with van der Waals surface area (Å²) >= 11 is 1.22. The van der Waals surface area contributed by atoms with Gasteiger partial charge in [-0.25, -0.2) is 0 Å². The maximum atomic E-state index is 11.9. The Balaban J connectivity index is 2.57. The van der Waals surface area contributed by atoms with Crippen molar-refractivity contribution < 1.29 is 19.5 Å². The van der Waals surface area contributed by atoms with Crippen molar-refractivity contribution in [3.8, 4) is 0 Å². The quantitative estimate of drug-likeness (QED) is 0.659. The number of amides is 2. The molecule has 0 spiro atoms. The Morgan fingerprint density at radius 2 is 2.17 bits per heavy atom. The van der Waals surface area contributed by atoms with Gasteiger partial charge < -0.3 is 10.4 Å². The van der Waals surface area contributed by atoms with E-state index in [1.54, 1.807) is 20.9 Å². The number of carbonyl (C=O) groups excluding carboxylic acids is 2. The van der Waals surface area contributed by atoms with E-state index >= 15 is 0 Å². The summed E-state index contributed by atoms with van der Waals surface area (Å²) in [5, 5.41) is 11.1. The summed E-state index contributed by atoms with van der Waals surface area (Å²) in [5.74, 6) is -1.08. The lowest BCUT2D eigenvalue weighted by atomic mass is 10.3. The van der Waals surface area contributed by atoms with Gasteiger partial charge in [0.05, 0.1) is 5.25 Å². The Kier molecular flexibility index (Phi) is 5.15. The molecule has 2 unspecified atom stereocenters. The van der Waals surface area contributed by atoms with E-state index in [1.165, 1.54) is 16.7 Å². The molecule has 0 radical (unpaired) electrons. The number of nitrogens with zero attached hydrogens (tertiary/aromatic N) is 1. The number of hydrogen-bond donors (Lipinski definition) is 2. The minimum Gasteiger partial charge on any atom is -0.480 e. The minimum atomic E-state index is -0.956. The normalized spacial score (nSPS) is 21.8. The Labute approximate surface area is 110 Å². The van der Waals surface area contributed by atoms with Crippen molar-refractivity contribution in [1.82, 2.24) is 10.2 Å². The van der Waals surface area contributed by atoms with E-state index in [-0.39, 0.29) is 30.0 Å². The van der Waals surface area contributed by atoms with Gasteiger partial charge in [-0.2, -0.15) is 0 Å². The molecular formula is C11H18N2O4S. The summed E-state index contributed by atoms with van der Waals surface area (Å²) in [4.78, 5) is 35.7. The van der Waals surface area contributed by atoms with Gasteiger partial charge in [-0.05, 0) is 20.9 Å². The SMILES string of the molecule is CNC(CSC1CC(=O)N(C(C)C)C1=O)C(=O)O. The molecule has 0 saturated carbocycles. The van der Waals surface area contributed by atoms with Gasteiger partial charge in [-0.15, -0.1) is 11.8 Å². The first-order valence-electron chi connectivity index (χ1n) is 5.76. The first-order valence-corrected chi connectivity index (χ1v) is 6.81. The topological polar surface area (TPSA) is 86.7 Å². The lowest BCUT2D eigenvalue weighted by Crippen LogP contribution is -2.39. The second-order valence-corrected chi connectivity index (χ2v) is 5.64. The van der Waals surface area contributed by atoms with Crippen LogP contribution in [0, 0.1) is 0 Å². The fraction of sp³-hybridized carbons (Fsp3) is 0.727. The number of imide groups is 1. The summed E-state index contributed by atoms with van der Waals surface area (Å²) in [6.45, 7) is 3.58.